The van der Waals surface area contributed by atoms with Crippen molar-refractivity contribution in [2.24, 2.45) is 0 Å². The van der Waals surface area contributed by atoms with Crippen molar-refractivity contribution >= 4 is 38.9 Å². The minimum atomic E-state index is -7.22. The topological polar surface area (TPSA) is 9.23 Å². The van der Waals surface area contributed by atoms with Crippen molar-refractivity contribution in [3.63, 3.8) is 0 Å². The van der Waals surface area contributed by atoms with Gasteiger partial charge < -0.3 is 4.74 Å². The van der Waals surface area contributed by atoms with Gasteiger partial charge in [0.1, 0.15) is 70.8 Å². The number of ether oxygens (including phenoxy) is 1. The summed E-state index contributed by atoms with van der Waals surface area (Å²) in [7, 11) is 0.250. The Labute approximate surface area is 321 Å². The molecule has 0 aliphatic heterocycles. The lowest BCUT2D eigenvalue weighted by Gasteiger charge is -2.44. The SMILES string of the molecule is C[S+](C)c1ccccc1OC(C)(C)C.Fc1c(F)c(F)c([B-](c2c(F)c(F)c(F)c(F)c2F)(c2c(F)c(F)c(F)c(F)c2F)c2c(F)c(F)c(F)c(F)c2F)c(F)c1F. The molecular formula is C36H19BF20OS. The zero-order valence-corrected chi connectivity index (χ0v) is 30.6. The van der Waals surface area contributed by atoms with Gasteiger partial charge in [0, 0.05) is 10.9 Å². The van der Waals surface area contributed by atoms with Gasteiger partial charge >= 0.3 is 0 Å². The molecule has 0 bridgehead atoms. The average molecular weight is 890 g/mol. The molecule has 0 saturated heterocycles. The minimum Gasteiger partial charge on any atom is -0.483 e. The Morgan fingerprint density at radius 2 is 0.559 bits per heavy atom. The van der Waals surface area contributed by atoms with Crippen LogP contribution in [0, 0.1) is 116 Å². The first-order valence-corrected chi connectivity index (χ1v) is 17.7. The van der Waals surface area contributed by atoms with Gasteiger partial charge in [0.05, 0.1) is 0 Å². The normalized spacial score (nSPS) is 12.0. The zero-order chi connectivity index (χ0) is 45.1. The van der Waals surface area contributed by atoms with Crippen LogP contribution < -0.4 is 26.6 Å². The second-order valence-electron chi connectivity index (χ2n) is 13.3. The summed E-state index contributed by atoms with van der Waals surface area (Å²) in [5.41, 5.74) is -14.4. The van der Waals surface area contributed by atoms with Gasteiger partial charge in [-0.2, -0.15) is 0 Å². The summed E-state index contributed by atoms with van der Waals surface area (Å²) in [6.07, 6.45) is -2.79. The summed E-state index contributed by atoms with van der Waals surface area (Å²) >= 11 is 0. The average Bonchev–Trinajstić information content (AvgIpc) is 3.17. The van der Waals surface area contributed by atoms with Crippen LogP contribution in [0.15, 0.2) is 29.2 Å². The molecular weight excluding hydrogens is 871 g/mol. The summed E-state index contributed by atoms with van der Waals surface area (Å²) in [5.74, 6) is -70.4. The minimum absolute atomic E-state index is 0.116. The number of hydrogen-bond acceptors (Lipinski definition) is 1. The monoisotopic (exact) mass is 890 g/mol. The zero-order valence-electron chi connectivity index (χ0n) is 29.8. The predicted molar refractivity (Wildman–Crippen MR) is 174 cm³/mol. The molecule has 0 atom stereocenters. The Kier molecular flexibility index (Phi) is 13.0. The van der Waals surface area contributed by atoms with Crippen LogP contribution in [0.4, 0.5) is 87.8 Å². The number of benzene rings is 5. The van der Waals surface area contributed by atoms with E-state index in [4.69, 9.17) is 4.74 Å². The van der Waals surface area contributed by atoms with Crippen LogP contribution in [-0.4, -0.2) is 24.3 Å². The summed E-state index contributed by atoms with van der Waals surface area (Å²) in [6, 6.07) is 8.28. The van der Waals surface area contributed by atoms with Crippen LogP contribution in [0.2, 0.25) is 0 Å². The molecule has 1 nitrogen and oxygen atoms in total. The summed E-state index contributed by atoms with van der Waals surface area (Å²) in [6.45, 7) is 6.23. The Morgan fingerprint density at radius 3 is 0.763 bits per heavy atom. The number of hydrogen-bond donors (Lipinski definition) is 0. The van der Waals surface area contributed by atoms with E-state index >= 15 is 35.1 Å². The number of para-hydroxylation sites is 1. The number of halogens is 20. The first-order valence-electron chi connectivity index (χ1n) is 15.7. The van der Waals surface area contributed by atoms with Gasteiger partial charge in [0.2, 0.25) is 0 Å². The van der Waals surface area contributed by atoms with Crippen molar-refractivity contribution in [2.75, 3.05) is 12.5 Å². The van der Waals surface area contributed by atoms with Crippen molar-refractivity contribution in [1.29, 1.82) is 0 Å². The fourth-order valence-corrected chi connectivity index (χ4v) is 6.94. The molecule has 0 amide bonds. The molecule has 0 radical (unpaired) electrons. The van der Waals surface area contributed by atoms with Crippen molar-refractivity contribution in [3.05, 3.63) is 141 Å². The van der Waals surface area contributed by atoms with Crippen LogP contribution in [0.5, 0.6) is 5.75 Å². The lowest BCUT2D eigenvalue weighted by atomic mass is 9.12. The molecule has 23 heteroatoms. The molecule has 0 aliphatic rings. The third-order valence-electron chi connectivity index (χ3n) is 8.41. The van der Waals surface area contributed by atoms with Crippen LogP contribution >= 0.6 is 0 Å². The summed E-state index contributed by atoms with van der Waals surface area (Å²) in [5, 5.41) is 0. The first-order chi connectivity index (χ1) is 27.1. The molecule has 5 aromatic carbocycles. The Morgan fingerprint density at radius 1 is 0.356 bits per heavy atom. The fourth-order valence-electron chi connectivity index (χ4n) is 6.08. The molecule has 0 spiro atoms. The molecule has 5 aromatic rings. The first kappa shape index (κ1) is 46.6. The highest BCUT2D eigenvalue weighted by Gasteiger charge is 2.52. The summed E-state index contributed by atoms with van der Waals surface area (Å²) < 4.78 is 300. The predicted octanol–water partition coefficient (Wildman–Crippen LogP) is 8.95. The van der Waals surface area contributed by atoms with E-state index in [0.717, 1.165) is 5.75 Å². The van der Waals surface area contributed by atoms with Crippen molar-refractivity contribution in [3.8, 4) is 5.75 Å². The second-order valence-corrected chi connectivity index (χ2v) is 15.4. The standard InChI is InChI=1S/C24BF20.C12H19OS/c26-5-1(6(27)14(35)21(42)13(5)34)25(2-7(28)15(36)22(43)16(37)8(2)29,3-9(30)17(38)23(44)18(39)10(3)31)4-11(32)19(40)24(45)20(41)12(4)33;1-12(2,3)13-10-8-6-7-9-11(10)14(4)5/h;6-9H,1-5H3/q-1;+1. The van der Waals surface area contributed by atoms with E-state index in [1.807, 2.05) is 12.1 Å². The smallest absolute Gasteiger partial charge is 0.200 e. The molecule has 5 rings (SSSR count). The van der Waals surface area contributed by atoms with Crippen LogP contribution in [0.3, 0.4) is 0 Å². The Bertz CT molecular complexity index is 2120. The molecule has 0 aromatic heterocycles. The molecule has 0 heterocycles. The fraction of sp³-hybridized carbons (Fsp3) is 0.167. The Balaban J connectivity index is 0.000000464. The molecule has 0 fully saturated rings. The van der Waals surface area contributed by atoms with Gasteiger partial charge in [-0.25, -0.2) is 87.8 Å². The molecule has 318 valence electrons. The van der Waals surface area contributed by atoms with E-state index < -0.39 is 144 Å². The van der Waals surface area contributed by atoms with Crippen molar-refractivity contribution in [2.45, 2.75) is 31.3 Å². The molecule has 0 saturated carbocycles. The lowest BCUT2D eigenvalue weighted by molar-refractivity contribution is 0.127. The van der Waals surface area contributed by atoms with E-state index in [0.29, 0.717) is 0 Å². The molecule has 0 unspecified atom stereocenters. The van der Waals surface area contributed by atoms with Gasteiger partial charge in [-0.05, 0) is 32.9 Å². The maximum absolute atomic E-state index is 15.4. The van der Waals surface area contributed by atoms with Crippen LogP contribution in [0.25, 0.3) is 0 Å². The largest absolute Gasteiger partial charge is 0.483 e. The Hall–Kier alpha value is -5.09. The maximum atomic E-state index is 15.4. The van der Waals surface area contributed by atoms with E-state index in [1.165, 1.54) is 4.90 Å². The lowest BCUT2D eigenvalue weighted by Crippen LogP contribution is -2.81. The molecule has 0 aliphatic carbocycles. The van der Waals surface area contributed by atoms with Gasteiger partial charge in [-0.15, -0.1) is 21.9 Å². The molecule has 59 heavy (non-hydrogen) atoms. The van der Waals surface area contributed by atoms with E-state index in [1.54, 1.807) is 0 Å². The molecule has 0 N–H and O–H groups in total. The highest BCUT2D eigenvalue weighted by Crippen LogP contribution is 2.31. The van der Waals surface area contributed by atoms with Gasteiger partial charge in [-0.1, -0.05) is 12.1 Å². The third kappa shape index (κ3) is 7.54. The highest BCUT2D eigenvalue weighted by atomic mass is 32.2. The number of rotatable bonds is 6. The van der Waals surface area contributed by atoms with Gasteiger partial charge in [0.15, 0.2) is 80.5 Å². The van der Waals surface area contributed by atoms with E-state index in [2.05, 4.69) is 45.4 Å². The maximum Gasteiger partial charge on any atom is 0.200 e. The van der Waals surface area contributed by atoms with E-state index in [9.17, 15) is 52.7 Å². The van der Waals surface area contributed by atoms with Crippen molar-refractivity contribution in [1.82, 2.24) is 0 Å². The quantitative estimate of drug-likeness (QED) is 0.0545. The van der Waals surface area contributed by atoms with Crippen LogP contribution in [0.1, 0.15) is 20.8 Å². The van der Waals surface area contributed by atoms with Crippen LogP contribution in [-0.2, 0) is 10.9 Å². The third-order valence-corrected chi connectivity index (χ3v) is 9.63. The highest BCUT2D eigenvalue weighted by molar-refractivity contribution is 7.95. The summed E-state index contributed by atoms with van der Waals surface area (Å²) in [4.78, 5) is 1.31. The second kappa shape index (κ2) is 16.5. The van der Waals surface area contributed by atoms with E-state index in [-0.39, 0.29) is 16.5 Å². The van der Waals surface area contributed by atoms with Crippen molar-refractivity contribution < 1.29 is 92.5 Å². The van der Waals surface area contributed by atoms with Gasteiger partial charge in [0.25, 0.3) is 0 Å². The van der Waals surface area contributed by atoms with Gasteiger partial charge in [-0.3, -0.25) is 0 Å².